The van der Waals surface area contributed by atoms with E-state index in [1.54, 1.807) is 11.1 Å². The zero-order valence-corrected chi connectivity index (χ0v) is 13.1. The maximum absolute atomic E-state index is 3.73. The van der Waals surface area contributed by atoms with Crippen molar-refractivity contribution in [3.8, 4) is 0 Å². The van der Waals surface area contributed by atoms with Crippen LogP contribution in [0.2, 0.25) is 0 Å². The van der Waals surface area contributed by atoms with Gasteiger partial charge in [0.1, 0.15) is 0 Å². The van der Waals surface area contributed by atoms with Crippen LogP contribution in [0.3, 0.4) is 0 Å². The topological polar surface area (TPSA) is 12.0 Å². The van der Waals surface area contributed by atoms with Crippen LogP contribution in [-0.2, 0) is 6.42 Å². The van der Waals surface area contributed by atoms with E-state index in [0.29, 0.717) is 12.0 Å². The summed E-state index contributed by atoms with van der Waals surface area (Å²) in [4.78, 5) is 0. The highest BCUT2D eigenvalue weighted by Gasteiger charge is 2.20. The minimum absolute atomic E-state index is 0.416. The smallest absolute Gasteiger partial charge is 0.0292 e. The lowest BCUT2D eigenvalue weighted by atomic mass is 9.82. The molecule has 0 spiro atoms. The van der Waals surface area contributed by atoms with Gasteiger partial charge in [0.05, 0.1) is 0 Å². The summed E-state index contributed by atoms with van der Waals surface area (Å²) in [5.41, 5.74) is 5.82. The number of hydrogen-bond donors (Lipinski definition) is 1. The van der Waals surface area contributed by atoms with Gasteiger partial charge in [0.2, 0.25) is 0 Å². The van der Waals surface area contributed by atoms with Crippen molar-refractivity contribution < 1.29 is 0 Å². The maximum Gasteiger partial charge on any atom is 0.0292 e. The zero-order chi connectivity index (χ0) is 14.7. The van der Waals surface area contributed by atoms with Gasteiger partial charge in [0.25, 0.3) is 0 Å². The minimum Gasteiger partial charge on any atom is -0.310 e. The molecule has 1 aliphatic rings. The van der Waals surface area contributed by atoms with Gasteiger partial charge in [-0.25, -0.2) is 0 Å². The van der Waals surface area contributed by atoms with Crippen LogP contribution >= 0.6 is 0 Å². The molecule has 0 amide bonds. The van der Waals surface area contributed by atoms with Crippen LogP contribution in [0.1, 0.15) is 54.0 Å². The fourth-order valence-corrected chi connectivity index (χ4v) is 3.36. The Morgan fingerprint density at radius 3 is 2.67 bits per heavy atom. The second-order valence-electron chi connectivity index (χ2n) is 6.33. The fraction of sp³-hybridized carbons (Fsp3) is 0.400. The molecule has 0 bridgehead atoms. The third kappa shape index (κ3) is 3.36. The molecule has 0 heterocycles. The molecule has 2 aromatic carbocycles. The number of hydrogen-bond acceptors (Lipinski definition) is 1. The van der Waals surface area contributed by atoms with E-state index in [1.807, 2.05) is 0 Å². The lowest BCUT2D eigenvalue weighted by Gasteiger charge is -2.27. The Balaban J connectivity index is 1.64. The third-order valence-electron chi connectivity index (χ3n) is 4.74. The normalized spacial score (nSPS) is 19.0. The van der Waals surface area contributed by atoms with Gasteiger partial charge in [0, 0.05) is 12.6 Å². The van der Waals surface area contributed by atoms with E-state index in [2.05, 4.69) is 67.7 Å². The first-order valence-corrected chi connectivity index (χ1v) is 8.12. The largest absolute Gasteiger partial charge is 0.310 e. The van der Waals surface area contributed by atoms with Crippen LogP contribution in [0, 0.1) is 6.92 Å². The first kappa shape index (κ1) is 14.3. The summed E-state index contributed by atoms with van der Waals surface area (Å²) < 4.78 is 0. The van der Waals surface area contributed by atoms with Gasteiger partial charge in [-0.2, -0.15) is 0 Å². The first-order valence-electron chi connectivity index (χ1n) is 8.12. The summed E-state index contributed by atoms with van der Waals surface area (Å²) in [6, 6.07) is 18.3. The Morgan fingerprint density at radius 2 is 1.86 bits per heavy atom. The SMILES string of the molecule is Cc1ccc([C@H](C)NCC2CCCc3ccccc32)cc1. The summed E-state index contributed by atoms with van der Waals surface area (Å²) in [7, 11) is 0. The van der Waals surface area contributed by atoms with Crippen molar-refractivity contribution in [2.24, 2.45) is 0 Å². The monoisotopic (exact) mass is 279 g/mol. The molecule has 0 saturated heterocycles. The molecule has 0 radical (unpaired) electrons. The van der Waals surface area contributed by atoms with Gasteiger partial charge < -0.3 is 5.32 Å². The molecule has 3 rings (SSSR count). The van der Waals surface area contributed by atoms with Crippen LogP contribution in [0.15, 0.2) is 48.5 Å². The molecule has 1 unspecified atom stereocenters. The van der Waals surface area contributed by atoms with Crippen LogP contribution < -0.4 is 5.32 Å². The molecular weight excluding hydrogens is 254 g/mol. The molecule has 1 N–H and O–H groups in total. The van der Waals surface area contributed by atoms with Crippen molar-refractivity contribution in [2.75, 3.05) is 6.54 Å². The highest BCUT2D eigenvalue weighted by Crippen LogP contribution is 2.31. The first-order chi connectivity index (χ1) is 10.2. The van der Waals surface area contributed by atoms with Gasteiger partial charge in [-0.15, -0.1) is 0 Å². The van der Waals surface area contributed by atoms with Gasteiger partial charge >= 0.3 is 0 Å². The Kier molecular flexibility index (Phi) is 4.40. The summed E-state index contributed by atoms with van der Waals surface area (Å²) in [5.74, 6) is 0.669. The molecule has 2 aromatic rings. The average Bonchev–Trinajstić information content (AvgIpc) is 2.53. The Hall–Kier alpha value is -1.60. The molecule has 0 aliphatic heterocycles. The van der Waals surface area contributed by atoms with Crippen molar-refractivity contribution in [1.82, 2.24) is 5.32 Å². The Labute approximate surface area is 128 Å². The summed E-state index contributed by atoms with van der Waals surface area (Å²) >= 11 is 0. The van der Waals surface area contributed by atoms with E-state index in [4.69, 9.17) is 0 Å². The summed E-state index contributed by atoms with van der Waals surface area (Å²) in [5, 5.41) is 3.73. The predicted octanol–water partition coefficient (Wildman–Crippen LogP) is 4.77. The van der Waals surface area contributed by atoms with Crippen LogP contribution in [0.5, 0.6) is 0 Å². The number of fused-ring (bicyclic) bond motifs is 1. The van der Waals surface area contributed by atoms with Gasteiger partial charge in [-0.05, 0) is 55.7 Å². The zero-order valence-electron chi connectivity index (χ0n) is 13.1. The average molecular weight is 279 g/mol. The molecule has 0 aromatic heterocycles. The van der Waals surface area contributed by atoms with E-state index in [1.165, 1.54) is 30.4 Å². The highest BCUT2D eigenvalue weighted by atomic mass is 14.9. The van der Waals surface area contributed by atoms with Crippen molar-refractivity contribution >= 4 is 0 Å². The quantitative estimate of drug-likeness (QED) is 0.850. The van der Waals surface area contributed by atoms with Crippen LogP contribution in [0.25, 0.3) is 0 Å². The number of nitrogens with one attached hydrogen (secondary N) is 1. The van der Waals surface area contributed by atoms with Gasteiger partial charge in [0.15, 0.2) is 0 Å². The Bertz CT molecular complexity index is 585. The number of aryl methyl sites for hydroxylation is 2. The number of benzene rings is 2. The lowest BCUT2D eigenvalue weighted by molar-refractivity contribution is 0.473. The summed E-state index contributed by atoms with van der Waals surface area (Å²) in [6.07, 6.45) is 3.88. The van der Waals surface area contributed by atoms with E-state index in [-0.39, 0.29) is 0 Å². The van der Waals surface area contributed by atoms with Crippen molar-refractivity contribution in [2.45, 2.75) is 45.1 Å². The van der Waals surface area contributed by atoms with Crippen molar-refractivity contribution in [3.63, 3.8) is 0 Å². The Morgan fingerprint density at radius 1 is 1.10 bits per heavy atom. The van der Waals surface area contributed by atoms with Crippen LogP contribution in [0.4, 0.5) is 0 Å². The highest BCUT2D eigenvalue weighted by molar-refractivity contribution is 5.33. The van der Waals surface area contributed by atoms with Gasteiger partial charge in [-0.3, -0.25) is 0 Å². The van der Waals surface area contributed by atoms with Gasteiger partial charge in [-0.1, -0.05) is 54.1 Å². The fourth-order valence-electron chi connectivity index (χ4n) is 3.36. The lowest BCUT2D eigenvalue weighted by Crippen LogP contribution is -2.26. The van der Waals surface area contributed by atoms with E-state index < -0.39 is 0 Å². The molecular formula is C20H25N. The minimum atomic E-state index is 0.416. The number of rotatable bonds is 4. The van der Waals surface area contributed by atoms with E-state index in [0.717, 1.165) is 6.54 Å². The second kappa shape index (κ2) is 6.44. The summed E-state index contributed by atoms with van der Waals surface area (Å²) in [6.45, 7) is 5.48. The van der Waals surface area contributed by atoms with Crippen molar-refractivity contribution in [3.05, 3.63) is 70.8 Å². The molecule has 110 valence electrons. The second-order valence-corrected chi connectivity index (χ2v) is 6.33. The maximum atomic E-state index is 3.73. The van der Waals surface area contributed by atoms with E-state index >= 15 is 0 Å². The van der Waals surface area contributed by atoms with Crippen LogP contribution in [-0.4, -0.2) is 6.54 Å². The molecule has 0 saturated carbocycles. The standard InChI is InChI=1S/C20H25N/c1-15-10-12-17(13-11-15)16(2)21-14-19-8-5-7-18-6-3-4-9-20(18)19/h3-4,6,9-13,16,19,21H,5,7-8,14H2,1-2H3/t16-,19?/m0/s1. The molecule has 2 atom stereocenters. The molecule has 1 heteroatoms. The third-order valence-corrected chi connectivity index (χ3v) is 4.74. The van der Waals surface area contributed by atoms with E-state index in [9.17, 15) is 0 Å². The molecule has 1 aliphatic carbocycles. The predicted molar refractivity (Wildman–Crippen MR) is 89.7 cm³/mol. The molecule has 21 heavy (non-hydrogen) atoms. The molecule has 1 nitrogen and oxygen atoms in total. The van der Waals surface area contributed by atoms with Crippen molar-refractivity contribution in [1.29, 1.82) is 0 Å². The molecule has 0 fully saturated rings.